The van der Waals surface area contributed by atoms with Crippen molar-refractivity contribution < 1.29 is 13.2 Å². The van der Waals surface area contributed by atoms with Crippen molar-refractivity contribution in [1.82, 2.24) is 4.90 Å². The molecule has 1 aliphatic heterocycles. The number of alkyl halides is 3. The minimum absolute atomic E-state index is 0.199. The van der Waals surface area contributed by atoms with Gasteiger partial charge in [-0.1, -0.05) is 19.8 Å². The fourth-order valence-corrected chi connectivity index (χ4v) is 3.18. The van der Waals surface area contributed by atoms with E-state index < -0.39 is 12.1 Å². The van der Waals surface area contributed by atoms with Crippen LogP contribution in [-0.4, -0.2) is 30.2 Å². The topological polar surface area (TPSA) is 3.24 Å². The van der Waals surface area contributed by atoms with Crippen molar-refractivity contribution in [1.29, 1.82) is 0 Å². The van der Waals surface area contributed by atoms with Crippen LogP contribution in [0.3, 0.4) is 0 Å². The molecule has 1 saturated heterocycles. The van der Waals surface area contributed by atoms with Crippen LogP contribution in [0, 0.1) is 11.8 Å². The van der Waals surface area contributed by atoms with Gasteiger partial charge in [-0.2, -0.15) is 13.2 Å². The van der Waals surface area contributed by atoms with Crippen LogP contribution in [0.15, 0.2) is 0 Å². The van der Waals surface area contributed by atoms with E-state index in [1.807, 2.05) is 0 Å². The van der Waals surface area contributed by atoms with Gasteiger partial charge in [-0.3, -0.25) is 4.90 Å². The van der Waals surface area contributed by atoms with E-state index in [1.54, 1.807) is 0 Å². The zero-order valence-electron chi connectivity index (χ0n) is 9.76. The average molecular weight is 235 g/mol. The molecule has 3 unspecified atom stereocenters. The highest BCUT2D eigenvalue weighted by Gasteiger charge is 2.41. The van der Waals surface area contributed by atoms with Crippen LogP contribution in [0.2, 0.25) is 0 Å². The highest BCUT2D eigenvalue weighted by Crippen LogP contribution is 2.37. The predicted molar refractivity (Wildman–Crippen MR) is 57.2 cm³/mol. The first-order chi connectivity index (χ1) is 7.48. The molecule has 0 aromatic heterocycles. The maximum absolute atomic E-state index is 12.5. The van der Waals surface area contributed by atoms with Crippen LogP contribution in [-0.2, 0) is 0 Å². The smallest absolute Gasteiger partial charge is 0.299 e. The molecule has 2 aliphatic rings. The standard InChI is InChI=1S/C12H20F3N/c1-9(12(13,14)15)8-16-7-6-10-4-2-3-5-11(10)16/h9-11H,2-8H2,1H3. The highest BCUT2D eigenvalue weighted by molar-refractivity contribution is 4.90. The van der Waals surface area contributed by atoms with Crippen LogP contribution < -0.4 is 0 Å². The van der Waals surface area contributed by atoms with Gasteiger partial charge in [0.05, 0.1) is 5.92 Å². The lowest BCUT2D eigenvalue weighted by Gasteiger charge is -2.33. The monoisotopic (exact) mass is 235 g/mol. The summed E-state index contributed by atoms with van der Waals surface area (Å²) in [6, 6.07) is 0.443. The summed E-state index contributed by atoms with van der Waals surface area (Å²) >= 11 is 0. The molecule has 1 heterocycles. The van der Waals surface area contributed by atoms with Crippen LogP contribution in [0.1, 0.15) is 39.0 Å². The van der Waals surface area contributed by atoms with Crippen molar-refractivity contribution in [2.75, 3.05) is 13.1 Å². The first kappa shape index (κ1) is 12.2. The van der Waals surface area contributed by atoms with Crippen molar-refractivity contribution in [3.05, 3.63) is 0 Å². The molecule has 0 N–H and O–H groups in total. The lowest BCUT2D eigenvalue weighted by molar-refractivity contribution is -0.174. The minimum Gasteiger partial charge on any atom is -0.299 e. The summed E-state index contributed by atoms with van der Waals surface area (Å²) in [6.45, 7) is 2.37. The summed E-state index contributed by atoms with van der Waals surface area (Å²) in [6.07, 6.45) is 1.86. The molecule has 0 spiro atoms. The maximum Gasteiger partial charge on any atom is 0.392 e. The second kappa shape index (κ2) is 4.55. The van der Waals surface area contributed by atoms with Gasteiger partial charge in [0, 0.05) is 12.6 Å². The summed E-state index contributed by atoms with van der Waals surface area (Å²) in [7, 11) is 0. The molecule has 0 bridgehead atoms. The van der Waals surface area contributed by atoms with Crippen molar-refractivity contribution in [2.24, 2.45) is 11.8 Å². The van der Waals surface area contributed by atoms with Gasteiger partial charge < -0.3 is 0 Å². The van der Waals surface area contributed by atoms with E-state index in [4.69, 9.17) is 0 Å². The molecule has 2 rings (SSSR count). The number of fused-ring (bicyclic) bond motifs is 1. The lowest BCUT2D eigenvalue weighted by Crippen LogP contribution is -2.40. The molecular weight excluding hydrogens is 215 g/mol. The Hall–Kier alpha value is -0.250. The molecule has 0 amide bonds. The van der Waals surface area contributed by atoms with Crippen LogP contribution in [0.5, 0.6) is 0 Å². The van der Waals surface area contributed by atoms with Gasteiger partial charge in [-0.25, -0.2) is 0 Å². The third-order valence-corrected chi connectivity index (χ3v) is 4.19. The quantitative estimate of drug-likeness (QED) is 0.708. The van der Waals surface area contributed by atoms with E-state index >= 15 is 0 Å². The van der Waals surface area contributed by atoms with E-state index in [9.17, 15) is 13.2 Å². The molecule has 4 heteroatoms. The van der Waals surface area contributed by atoms with E-state index in [0.717, 1.165) is 19.4 Å². The number of nitrogens with zero attached hydrogens (tertiary/aromatic N) is 1. The molecule has 16 heavy (non-hydrogen) atoms. The fraction of sp³-hybridized carbons (Fsp3) is 1.00. The molecule has 2 fully saturated rings. The van der Waals surface area contributed by atoms with Gasteiger partial charge in [0.15, 0.2) is 0 Å². The van der Waals surface area contributed by atoms with Crippen molar-refractivity contribution in [3.63, 3.8) is 0 Å². The maximum atomic E-state index is 12.5. The van der Waals surface area contributed by atoms with Crippen LogP contribution in [0.4, 0.5) is 13.2 Å². The number of hydrogen-bond donors (Lipinski definition) is 0. The zero-order chi connectivity index (χ0) is 11.8. The largest absolute Gasteiger partial charge is 0.392 e. The van der Waals surface area contributed by atoms with Gasteiger partial charge in [-0.15, -0.1) is 0 Å². The van der Waals surface area contributed by atoms with Gasteiger partial charge in [0.2, 0.25) is 0 Å². The highest BCUT2D eigenvalue weighted by atomic mass is 19.4. The number of rotatable bonds is 2. The SMILES string of the molecule is CC(CN1CCC2CCCCC21)C(F)(F)F. The first-order valence-electron chi connectivity index (χ1n) is 6.29. The summed E-state index contributed by atoms with van der Waals surface area (Å²) in [5.41, 5.74) is 0. The fourth-order valence-electron chi connectivity index (χ4n) is 3.18. The molecule has 0 aromatic carbocycles. The predicted octanol–water partition coefficient (Wildman–Crippen LogP) is 3.45. The molecular formula is C12H20F3N. The Balaban J connectivity index is 1.91. The summed E-state index contributed by atoms with van der Waals surface area (Å²) in [5.74, 6) is -0.512. The minimum atomic E-state index is -4.03. The Bertz CT molecular complexity index is 239. The summed E-state index contributed by atoms with van der Waals surface area (Å²) < 4.78 is 37.5. The number of halogens is 3. The van der Waals surface area contributed by atoms with Gasteiger partial charge in [-0.05, 0) is 31.7 Å². The molecule has 1 nitrogen and oxygen atoms in total. The second-order valence-electron chi connectivity index (χ2n) is 5.34. The Morgan fingerprint density at radius 2 is 1.88 bits per heavy atom. The normalized spacial score (nSPS) is 33.8. The molecule has 1 saturated carbocycles. The van der Waals surface area contributed by atoms with Gasteiger partial charge in [0.25, 0.3) is 0 Å². The summed E-state index contributed by atoms with van der Waals surface area (Å²) in [4.78, 5) is 2.09. The third-order valence-electron chi connectivity index (χ3n) is 4.19. The molecule has 0 radical (unpaired) electrons. The van der Waals surface area contributed by atoms with Crippen molar-refractivity contribution >= 4 is 0 Å². The van der Waals surface area contributed by atoms with E-state index in [1.165, 1.54) is 26.2 Å². The van der Waals surface area contributed by atoms with E-state index in [-0.39, 0.29) is 6.54 Å². The summed E-state index contributed by atoms with van der Waals surface area (Å²) in [5, 5.41) is 0. The van der Waals surface area contributed by atoms with Crippen LogP contribution >= 0.6 is 0 Å². The van der Waals surface area contributed by atoms with E-state index in [0.29, 0.717) is 12.0 Å². The van der Waals surface area contributed by atoms with E-state index in [2.05, 4.69) is 4.90 Å². The second-order valence-corrected chi connectivity index (χ2v) is 5.34. The third kappa shape index (κ3) is 2.53. The zero-order valence-corrected chi connectivity index (χ0v) is 9.76. The van der Waals surface area contributed by atoms with Crippen molar-refractivity contribution in [3.8, 4) is 0 Å². The molecule has 94 valence electrons. The van der Waals surface area contributed by atoms with Gasteiger partial charge in [0.1, 0.15) is 0 Å². The molecule has 3 atom stereocenters. The Morgan fingerprint density at radius 3 is 2.56 bits per heavy atom. The van der Waals surface area contributed by atoms with Gasteiger partial charge >= 0.3 is 6.18 Å². The first-order valence-corrected chi connectivity index (χ1v) is 6.29. The lowest BCUT2D eigenvalue weighted by atomic mass is 9.85. The van der Waals surface area contributed by atoms with Crippen molar-refractivity contribution in [2.45, 2.75) is 51.2 Å². The Kier molecular flexibility index (Phi) is 3.48. The number of hydrogen-bond acceptors (Lipinski definition) is 1. The molecule has 1 aliphatic carbocycles. The number of likely N-dealkylation sites (tertiary alicyclic amines) is 1. The Labute approximate surface area is 95.0 Å². The van der Waals surface area contributed by atoms with Crippen LogP contribution in [0.25, 0.3) is 0 Å². The molecule has 0 aromatic rings. The Morgan fingerprint density at radius 1 is 1.19 bits per heavy atom. The average Bonchev–Trinajstić information content (AvgIpc) is 2.61.